The summed E-state index contributed by atoms with van der Waals surface area (Å²) in [5.41, 5.74) is 1.02. The third kappa shape index (κ3) is 4.43. The highest BCUT2D eigenvalue weighted by Gasteiger charge is 2.33. The molecular weight excluding hydrogens is 392 g/mol. The van der Waals surface area contributed by atoms with Gasteiger partial charge in [0.1, 0.15) is 0 Å². The lowest BCUT2D eigenvalue weighted by Crippen LogP contribution is -2.52. The van der Waals surface area contributed by atoms with Crippen molar-refractivity contribution in [3.8, 4) is 5.69 Å². The van der Waals surface area contributed by atoms with Crippen LogP contribution in [0.3, 0.4) is 0 Å². The molecule has 154 valence electrons. The van der Waals surface area contributed by atoms with Crippen molar-refractivity contribution in [1.29, 1.82) is 0 Å². The van der Waals surface area contributed by atoms with E-state index in [0.717, 1.165) is 44.7 Å². The van der Waals surface area contributed by atoms with Gasteiger partial charge in [-0.05, 0) is 38.1 Å². The van der Waals surface area contributed by atoms with Crippen LogP contribution < -0.4 is 0 Å². The lowest BCUT2D eigenvalue weighted by Gasteiger charge is -2.37. The molecule has 0 radical (unpaired) electrons. The molecule has 2 aliphatic rings. The van der Waals surface area contributed by atoms with Crippen LogP contribution in [0, 0.1) is 5.92 Å². The molecule has 0 bridgehead atoms. The van der Waals surface area contributed by atoms with Crippen molar-refractivity contribution in [2.24, 2.45) is 5.92 Å². The molecular formula is C20H25ClN6O2. The van der Waals surface area contributed by atoms with Gasteiger partial charge in [-0.25, -0.2) is 4.68 Å². The van der Waals surface area contributed by atoms with E-state index in [-0.39, 0.29) is 23.4 Å². The highest BCUT2D eigenvalue weighted by atomic mass is 35.5. The number of nitrogens with zero attached hydrogens (tertiary/aromatic N) is 6. The van der Waals surface area contributed by atoms with Crippen LogP contribution in [0.15, 0.2) is 30.5 Å². The van der Waals surface area contributed by atoms with Gasteiger partial charge >= 0.3 is 0 Å². The standard InChI is InChI=1S/C20H25ClN6O2/c1-24-8-10-25(11-9-24)19(28)15-4-3-7-26(13-15)20(29)18-14-27(23-22-18)17-6-2-5-16(21)12-17/h2,5-6,12,14-15H,3-4,7-11,13H2,1H3. The predicted molar refractivity (Wildman–Crippen MR) is 109 cm³/mol. The first-order chi connectivity index (χ1) is 14.0. The van der Waals surface area contributed by atoms with E-state index in [9.17, 15) is 9.59 Å². The minimum Gasteiger partial charge on any atom is -0.340 e. The summed E-state index contributed by atoms with van der Waals surface area (Å²) in [5, 5.41) is 8.69. The Hall–Kier alpha value is -2.45. The maximum atomic E-state index is 13.0. The Morgan fingerprint density at radius 3 is 2.66 bits per heavy atom. The number of carbonyl (C=O) groups is 2. The van der Waals surface area contributed by atoms with E-state index < -0.39 is 0 Å². The Morgan fingerprint density at radius 2 is 1.90 bits per heavy atom. The Kier molecular flexibility index (Phi) is 5.82. The van der Waals surface area contributed by atoms with E-state index in [1.165, 1.54) is 4.68 Å². The number of hydrogen-bond donors (Lipinski definition) is 0. The molecule has 0 spiro atoms. The van der Waals surface area contributed by atoms with Gasteiger partial charge in [0.2, 0.25) is 5.91 Å². The number of benzene rings is 1. The number of amides is 2. The largest absolute Gasteiger partial charge is 0.340 e. The van der Waals surface area contributed by atoms with Gasteiger partial charge in [0.15, 0.2) is 5.69 Å². The molecule has 2 aliphatic heterocycles. The van der Waals surface area contributed by atoms with Crippen LogP contribution in [0.4, 0.5) is 0 Å². The van der Waals surface area contributed by atoms with Crippen LogP contribution in [0.25, 0.3) is 5.69 Å². The van der Waals surface area contributed by atoms with Crippen molar-refractivity contribution in [2.75, 3.05) is 46.3 Å². The molecule has 9 heteroatoms. The molecule has 4 rings (SSSR count). The lowest BCUT2D eigenvalue weighted by molar-refractivity contribution is -0.138. The van der Waals surface area contributed by atoms with Gasteiger partial charge in [0, 0.05) is 44.3 Å². The maximum absolute atomic E-state index is 13.0. The summed E-state index contributed by atoms with van der Waals surface area (Å²) in [7, 11) is 2.07. The van der Waals surface area contributed by atoms with E-state index in [4.69, 9.17) is 11.6 Å². The van der Waals surface area contributed by atoms with Gasteiger partial charge in [-0.15, -0.1) is 5.10 Å². The maximum Gasteiger partial charge on any atom is 0.276 e. The van der Waals surface area contributed by atoms with Crippen LogP contribution in [0.1, 0.15) is 23.3 Å². The average molecular weight is 417 g/mol. The third-order valence-corrected chi connectivity index (χ3v) is 5.89. The fourth-order valence-electron chi connectivity index (χ4n) is 3.92. The fraction of sp³-hybridized carbons (Fsp3) is 0.500. The summed E-state index contributed by atoms with van der Waals surface area (Å²) in [5.74, 6) is -0.161. The molecule has 29 heavy (non-hydrogen) atoms. The second kappa shape index (κ2) is 8.51. The van der Waals surface area contributed by atoms with E-state index in [1.54, 1.807) is 23.2 Å². The van der Waals surface area contributed by atoms with E-state index in [0.29, 0.717) is 18.1 Å². The smallest absolute Gasteiger partial charge is 0.276 e. The average Bonchev–Trinajstić information content (AvgIpc) is 3.24. The molecule has 1 aromatic heterocycles. The number of likely N-dealkylation sites (N-methyl/N-ethyl adjacent to an activating group) is 1. The minimum atomic E-state index is -0.186. The number of carbonyl (C=O) groups excluding carboxylic acids is 2. The van der Waals surface area contributed by atoms with Gasteiger partial charge in [-0.2, -0.15) is 0 Å². The van der Waals surface area contributed by atoms with Crippen LogP contribution in [-0.4, -0.2) is 87.8 Å². The van der Waals surface area contributed by atoms with Gasteiger partial charge < -0.3 is 14.7 Å². The Bertz CT molecular complexity index is 893. The molecule has 1 aromatic carbocycles. The predicted octanol–water partition coefficient (Wildman–Crippen LogP) is 1.55. The summed E-state index contributed by atoms with van der Waals surface area (Å²) in [4.78, 5) is 31.8. The summed E-state index contributed by atoms with van der Waals surface area (Å²) >= 11 is 6.03. The van der Waals surface area contributed by atoms with Crippen LogP contribution in [-0.2, 0) is 4.79 Å². The number of likely N-dealkylation sites (tertiary alicyclic amines) is 1. The first-order valence-corrected chi connectivity index (χ1v) is 10.3. The first kappa shape index (κ1) is 19.8. The van der Waals surface area contributed by atoms with Gasteiger partial charge in [-0.1, -0.05) is 22.9 Å². The molecule has 8 nitrogen and oxygen atoms in total. The van der Waals surface area contributed by atoms with Crippen LogP contribution in [0.5, 0.6) is 0 Å². The Morgan fingerprint density at radius 1 is 1.10 bits per heavy atom. The first-order valence-electron chi connectivity index (χ1n) is 9.96. The van der Waals surface area contributed by atoms with Gasteiger partial charge in [0.25, 0.3) is 5.91 Å². The lowest BCUT2D eigenvalue weighted by atomic mass is 9.96. The summed E-state index contributed by atoms with van der Waals surface area (Å²) < 4.78 is 1.54. The number of hydrogen-bond acceptors (Lipinski definition) is 5. The van der Waals surface area contributed by atoms with Crippen molar-refractivity contribution >= 4 is 23.4 Å². The molecule has 2 aromatic rings. The second-order valence-corrected chi connectivity index (χ2v) is 8.18. The number of piperidine rings is 1. The number of piperazine rings is 1. The SMILES string of the molecule is CN1CCN(C(=O)C2CCCN(C(=O)c3cn(-c4cccc(Cl)c4)nn3)C2)CC1. The molecule has 1 unspecified atom stereocenters. The Balaban J connectivity index is 1.42. The topological polar surface area (TPSA) is 74.6 Å². The highest BCUT2D eigenvalue weighted by molar-refractivity contribution is 6.30. The van der Waals surface area contributed by atoms with E-state index in [2.05, 4.69) is 22.3 Å². The molecule has 1 atom stereocenters. The summed E-state index contributed by atoms with van der Waals surface area (Å²) in [6.07, 6.45) is 3.25. The van der Waals surface area contributed by atoms with Crippen LogP contribution in [0.2, 0.25) is 5.02 Å². The van der Waals surface area contributed by atoms with Gasteiger partial charge in [-0.3, -0.25) is 9.59 Å². The quantitative estimate of drug-likeness (QED) is 0.758. The summed E-state index contributed by atoms with van der Waals surface area (Å²) in [6, 6.07) is 7.20. The zero-order valence-corrected chi connectivity index (χ0v) is 17.3. The van der Waals surface area contributed by atoms with Crippen molar-refractivity contribution in [1.82, 2.24) is 29.7 Å². The molecule has 0 saturated carbocycles. The zero-order chi connectivity index (χ0) is 20.4. The number of rotatable bonds is 3. The van der Waals surface area contributed by atoms with Crippen molar-refractivity contribution in [2.45, 2.75) is 12.8 Å². The number of aromatic nitrogens is 3. The minimum absolute atomic E-state index is 0.140. The van der Waals surface area contributed by atoms with Crippen molar-refractivity contribution in [3.05, 3.63) is 41.2 Å². The molecule has 2 saturated heterocycles. The van der Waals surface area contributed by atoms with Crippen molar-refractivity contribution < 1.29 is 9.59 Å². The van der Waals surface area contributed by atoms with Gasteiger partial charge in [0.05, 0.1) is 17.8 Å². The summed E-state index contributed by atoms with van der Waals surface area (Å²) in [6.45, 7) is 4.38. The molecule has 0 N–H and O–H groups in total. The highest BCUT2D eigenvalue weighted by Crippen LogP contribution is 2.21. The normalized spacial score (nSPS) is 20.7. The molecule has 3 heterocycles. The number of halogens is 1. The zero-order valence-electron chi connectivity index (χ0n) is 16.5. The van der Waals surface area contributed by atoms with E-state index >= 15 is 0 Å². The Labute approximate surface area is 175 Å². The van der Waals surface area contributed by atoms with Crippen molar-refractivity contribution in [3.63, 3.8) is 0 Å². The molecule has 2 amide bonds. The van der Waals surface area contributed by atoms with E-state index in [1.807, 2.05) is 17.0 Å². The van der Waals surface area contributed by atoms with Crippen LogP contribution >= 0.6 is 11.6 Å². The second-order valence-electron chi connectivity index (χ2n) is 7.75. The molecule has 0 aliphatic carbocycles. The fourth-order valence-corrected chi connectivity index (χ4v) is 4.10. The molecule has 2 fully saturated rings. The third-order valence-electron chi connectivity index (χ3n) is 5.66. The monoisotopic (exact) mass is 416 g/mol.